The van der Waals surface area contributed by atoms with Gasteiger partial charge in [0.1, 0.15) is 33.7 Å². The maximum atomic E-state index is 11.7. The predicted octanol–water partition coefficient (Wildman–Crippen LogP) is 6.53. The molecular formula is C35H37NO7S. The molecule has 9 heteroatoms. The molecule has 4 aromatic rings. The van der Waals surface area contributed by atoms with Gasteiger partial charge in [-0.2, -0.15) is 0 Å². The quantitative estimate of drug-likeness (QED) is 0.214. The molecule has 2 aliphatic rings. The number of aryl methyl sites for hydroxylation is 3. The van der Waals surface area contributed by atoms with Crippen LogP contribution in [0.4, 0.5) is 0 Å². The fourth-order valence-electron chi connectivity index (χ4n) is 6.18. The highest BCUT2D eigenvalue weighted by Gasteiger charge is 2.25. The monoisotopic (exact) mass is 615 g/mol. The Morgan fingerprint density at radius 1 is 0.932 bits per heavy atom. The zero-order valence-corrected chi connectivity index (χ0v) is 25.6. The molecule has 1 aromatic heterocycles. The van der Waals surface area contributed by atoms with Gasteiger partial charge in [0.2, 0.25) is 0 Å². The number of hydrogen-bond donors (Lipinski definition) is 1. The van der Waals surface area contributed by atoms with Crippen LogP contribution in [0, 0.1) is 12.8 Å². The molecule has 44 heavy (non-hydrogen) atoms. The van der Waals surface area contributed by atoms with Crippen LogP contribution in [0.25, 0.3) is 11.1 Å². The number of benzene rings is 3. The Morgan fingerprint density at radius 3 is 2.41 bits per heavy atom. The van der Waals surface area contributed by atoms with E-state index in [9.17, 15) is 18.3 Å². The first-order chi connectivity index (χ1) is 21.2. The SMILES string of the molecule is Cc1cc([C@@H](CC(=O)O)c2ccc(OCc3ccc4c(c3)-c3ccc(OCC5CCS(=O)(=O)CC5)cc3CCC4)cc2)no1. The van der Waals surface area contributed by atoms with Crippen molar-refractivity contribution in [3.05, 3.63) is 100 Å². The lowest BCUT2D eigenvalue weighted by atomic mass is 9.92. The van der Waals surface area contributed by atoms with Crippen LogP contribution in [-0.2, 0) is 34.1 Å². The summed E-state index contributed by atoms with van der Waals surface area (Å²) in [7, 11) is -2.87. The first-order valence-electron chi connectivity index (χ1n) is 15.2. The second-order valence-corrected chi connectivity index (χ2v) is 14.2. The van der Waals surface area contributed by atoms with Crippen molar-refractivity contribution < 1.29 is 32.3 Å². The fourth-order valence-corrected chi connectivity index (χ4v) is 7.77. The number of fused-ring (bicyclic) bond motifs is 3. The van der Waals surface area contributed by atoms with E-state index in [1.54, 1.807) is 13.0 Å². The Morgan fingerprint density at radius 2 is 1.68 bits per heavy atom. The zero-order chi connectivity index (χ0) is 30.7. The molecule has 2 heterocycles. The van der Waals surface area contributed by atoms with Crippen molar-refractivity contribution >= 4 is 15.8 Å². The molecule has 1 aliphatic carbocycles. The summed E-state index contributed by atoms with van der Waals surface area (Å²) in [6.45, 7) is 2.74. The average molecular weight is 616 g/mol. The van der Waals surface area contributed by atoms with Gasteiger partial charge < -0.3 is 19.1 Å². The van der Waals surface area contributed by atoms with Crippen LogP contribution < -0.4 is 9.47 Å². The molecule has 0 bridgehead atoms. The summed E-state index contributed by atoms with van der Waals surface area (Å²) in [5.74, 6) is 1.68. The summed E-state index contributed by atoms with van der Waals surface area (Å²) in [5.41, 5.74) is 7.52. The molecule has 0 unspecified atom stereocenters. The first-order valence-corrected chi connectivity index (χ1v) is 17.0. The zero-order valence-electron chi connectivity index (χ0n) is 24.8. The Balaban J connectivity index is 1.12. The van der Waals surface area contributed by atoms with Gasteiger partial charge in [-0.25, -0.2) is 8.42 Å². The van der Waals surface area contributed by atoms with Gasteiger partial charge >= 0.3 is 5.97 Å². The highest BCUT2D eigenvalue weighted by Crippen LogP contribution is 2.36. The summed E-state index contributed by atoms with van der Waals surface area (Å²) in [6, 6.07) is 22.1. The second kappa shape index (κ2) is 12.9. The summed E-state index contributed by atoms with van der Waals surface area (Å²) in [6.07, 6.45) is 4.29. The van der Waals surface area contributed by atoms with Crippen LogP contribution in [0.5, 0.6) is 11.5 Å². The van der Waals surface area contributed by atoms with Crippen LogP contribution in [0.3, 0.4) is 0 Å². The number of carboxylic acid groups (broad SMARTS) is 1. The normalized spacial score (nSPS) is 16.8. The van der Waals surface area contributed by atoms with Crippen molar-refractivity contribution in [3.63, 3.8) is 0 Å². The molecule has 230 valence electrons. The number of carbonyl (C=O) groups is 1. The molecule has 1 aliphatic heterocycles. The van der Waals surface area contributed by atoms with Crippen molar-refractivity contribution in [3.8, 4) is 22.6 Å². The average Bonchev–Trinajstić information content (AvgIpc) is 3.36. The summed E-state index contributed by atoms with van der Waals surface area (Å²) >= 11 is 0. The molecule has 0 spiro atoms. The third-order valence-corrected chi connectivity index (χ3v) is 10.4. The number of hydrogen-bond acceptors (Lipinski definition) is 7. The largest absolute Gasteiger partial charge is 0.493 e. The second-order valence-electron chi connectivity index (χ2n) is 11.9. The van der Waals surface area contributed by atoms with E-state index >= 15 is 0 Å². The Bertz CT molecular complexity index is 1730. The summed E-state index contributed by atoms with van der Waals surface area (Å²) in [4.78, 5) is 11.5. The number of aromatic nitrogens is 1. The summed E-state index contributed by atoms with van der Waals surface area (Å²) < 4.78 is 40.9. The molecule has 8 nitrogen and oxygen atoms in total. The minimum absolute atomic E-state index is 0.0800. The number of carboxylic acids is 1. The molecule has 0 saturated carbocycles. The van der Waals surface area contributed by atoms with Gasteiger partial charge in [0.15, 0.2) is 0 Å². The lowest BCUT2D eigenvalue weighted by molar-refractivity contribution is -0.137. The van der Waals surface area contributed by atoms with Gasteiger partial charge in [0.05, 0.1) is 30.2 Å². The van der Waals surface area contributed by atoms with E-state index in [1.807, 2.05) is 30.3 Å². The molecule has 0 amide bonds. The highest BCUT2D eigenvalue weighted by molar-refractivity contribution is 7.91. The van der Waals surface area contributed by atoms with Crippen LogP contribution in [-0.4, -0.2) is 42.8 Å². The van der Waals surface area contributed by atoms with Gasteiger partial charge in [-0.05, 0) is 109 Å². The molecule has 6 rings (SSSR count). The number of nitrogens with zero attached hydrogens (tertiary/aromatic N) is 1. The Labute approximate surface area is 257 Å². The molecule has 1 fully saturated rings. The first kappa shape index (κ1) is 29.9. The Hall–Kier alpha value is -4.11. The van der Waals surface area contributed by atoms with E-state index in [0.717, 1.165) is 36.1 Å². The molecule has 1 N–H and O–H groups in total. The number of ether oxygens (including phenoxy) is 2. The lowest BCUT2D eigenvalue weighted by Gasteiger charge is -2.22. The topological polar surface area (TPSA) is 116 Å². The van der Waals surface area contributed by atoms with Crippen LogP contribution in [0.2, 0.25) is 0 Å². The van der Waals surface area contributed by atoms with Gasteiger partial charge in [0.25, 0.3) is 0 Å². The van der Waals surface area contributed by atoms with Crippen molar-refractivity contribution in [1.82, 2.24) is 5.16 Å². The van der Waals surface area contributed by atoms with Crippen LogP contribution >= 0.6 is 0 Å². The van der Waals surface area contributed by atoms with Gasteiger partial charge in [0, 0.05) is 12.0 Å². The number of sulfone groups is 1. The van der Waals surface area contributed by atoms with Crippen molar-refractivity contribution in [2.24, 2.45) is 5.92 Å². The van der Waals surface area contributed by atoms with Gasteiger partial charge in [-0.1, -0.05) is 35.5 Å². The van der Waals surface area contributed by atoms with Gasteiger partial charge in [-0.15, -0.1) is 0 Å². The summed E-state index contributed by atoms with van der Waals surface area (Å²) in [5, 5.41) is 13.5. The third kappa shape index (κ3) is 7.16. The van der Waals surface area contributed by atoms with E-state index in [2.05, 4.69) is 35.5 Å². The maximum Gasteiger partial charge on any atom is 0.304 e. The minimum Gasteiger partial charge on any atom is -0.493 e. The number of aliphatic carboxylic acids is 1. The maximum absolute atomic E-state index is 11.7. The molecule has 1 atom stereocenters. The van der Waals surface area contributed by atoms with Gasteiger partial charge in [-0.3, -0.25) is 4.79 Å². The van der Waals surface area contributed by atoms with Crippen LogP contribution in [0.15, 0.2) is 71.3 Å². The fraction of sp³-hybridized carbons (Fsp3) is 0.371. The molecule has 3 aromatic carbocycles. The van der Waals surface area contributed by atoms with E-state index in [0.29, 0.717) is 43.3 Å². The number of rotatable bonds is 10. The van der Waals surface area contributed by atoms with Crippen molar-refractivity contribution in [2.75, 3.05) is 18.1 Å². The minimum atomic E-state index is -2.87. The Kier molecular flexibility index (Phi) is 8.75. The van der Waals surface area contributed by atoms with E-state index in [1.165, 1.54) is 22.3 Å². The van der Waals surface area contributed by atoms with Crippen molar-refractivity contribution in [2.45, 2.75) is 58.0 Å². The lowest BCUT2D eigenvalue weighted by Crippen LogP contribution is -2.26. The smallest absolute Gasteiger partial charge is 0.304 e. The third-order valence-electron chi connectivity index (χ3n) is 8.66. The molecule has 0 radical (unpaired) electrons. The van der Waals surface area contributed by atoms with E-state index < -0.39 is 21.7 Å². The van der Waals surface area contributed by atoms with E-state index in [-0.39, 0.29) is 23.8 Å². The molecule has 1 saturated heterocycles. The van der Waals surface area contributed by atoms with Crippen molar-refractivity contribution in [1.29, 1.82) is 0 Å². The van der Waals surface area contributed by atoms with Crippen LogP contribution in [0.1, 0.15) is 65.3 Å². The van der Waals surface area contributed by atoms with E-state index in [4.69, 9.17) is 14.0 Å². The standard InChI is InChI=1S/C35H37NO7S/c1-23-17-34(36-43-23)33(20-35(37)38)27-7-9-29(10-8-27)41-22-25-5-6-26-3-2-4-28-19-30(11-12-31(28)32(26)18-25)42-21-24-13-15-44(39,40)16-14-24/h5-12,17-19,24,33H,2-4,13-16,20-22H2,1H3,(H,37,38)/t33-/m0/s1. The highest BCUT2D eigenvalue weighted by atomic mass is 32.2. The molecular weight excluding hydrogens is 578 g/mol. The predicted molar refractivity (Wildman–Crippen MR) is 167 cm³/mol.